The van der Waals surface area contributed by atoms with Gasteiger partial charge < -0.3 is 5.11 Å². The van der Waals surface area contributed by atoms with Crippen molar-refractivity contribution in [2.24, 2.45) is 0 Å². The fourth-order valence-electron chi connectivity index (χ4n) is 1.59. The summed E-state index contributed by atoms with van der Waals surface area (Å²) in [6, 6.07) is 6.81. The van der Waals surface area contributed by atoms with Gasteiger partial charge in [0.05, 0.1) is 0 Å². The highest BCUT2D eigenvalue weighted by Crippen LogP contribution is 2.24. The van der Waals surface area contributed by atoms with Crippen LogP contribution in [-0.2, 0) is 0 Å². The zero-order chi connectivity index (χ0) is 13.3. The lowest BCUT2D eigenvalue weighted by molar-refractivity contribution is 0.0686. The molecule has 0 amide bonds. The molecular formula is C13H7F3O2. The van der Waals surface area contributed by atoms with Crippen molar-refractivity contribution in [1.29, 1.82) is 0 Å². The first-order valence-corrected chi connectivity index (χ1v) is 4.97. The van der Waals surface area contributed by atoms with Gasteiger partial charge in [0.1, 0.15) is 23.0 Å². The predicted molar refractivity (Wildman–Crippen MR) is 58.7 cm³/mol. The number of carbonyl (C=O) groups is 1. The van der Waals surface area contributed by atoms with Crippen LogP contribution in [0.15, 0.2) is 36.4 Å². The van der Waals surface area contributed by atoms with E-state index >= 15 is 0 Å². The molecule has 0 spiro atoms. The topological polar surface area (TPSA) is 37.3 Å². The van der Waals surface area contributed by atoms with Crippen LogP contribution >= 0.6 is 0 Å². The van der Waals surface area contributed by atoms with Gasteiger partial charge in [-0.1, -0.05) is 12.1 Å². The lowest BCUT2D eigenvalue weighted by atomic mass is 10.0. The van der Waals surface area contributed by atoms with E-state index in [0.717, 1.165) is 24.3 Å². The second-order valence-corrected chi connectivity index (χ2v) is 3.63. The zero-order valence-corrected chi connectivity index (χ0v) is 8.95. The monoisotopic (exact) mass is 252 g/mol. The molecular weight excluding hydrogens is 245 g/mol. The van der Waals surface area contributed by atoms with E-state index in [-0.39, 0.29) is 5.56 Å². The van der Waals surface area contributed by atoms with Gasteiger partial charge in [-0.3, -0.25) is 0 Å². The zero-order valence-electron chi connectivity index (χ0n) is 8.95. The molecule has 2 rings (SSSR count). The third kappa shape index (κ3) is 2.20. The first-order chi connectivity index (χ1) is 8.49. The van der Waals surface area contributed by atoms with Crippen LogP contribution < -0.4 is 0 Å². The molecule has 0 fully saturated rings. The summed E-state index contributed by atoms with van der Waals surface area (Å²) in [6.45, 7) is 0. The molecule has 0 aliphatic heterocycles. The average molecular weight is 252 g/mol. The Hall–Kier alpha value is -2.30. The Bertz CT molecular complexity index is 583. The molecule has 2 aromatic carbocycles. The number of halogens is 3. The third-order valence-electron chi connectivity index (χ3n) is 2.43. The van der Waals surface area contributed by atoms with Crippen LogP contribution in [-0.4, -0.2) is 11.1 Å². The molecule has 0 bridgehead atoms. The summed E-state index contributed by atoms with van der Waals surface area (Å²) in [4.78, 5) is 10.6. The second kappa shape index (κ2) is 4.52. The molecule has 0 saturated heterocycles. The molecule has 0 radical (unpaired) electrons. The van der Waals surface area contributed by atoms with E-state index < -0.39 is 29.0 Å². The minimum absolute atomic E-state index is 0.148. The summed E-state index contributed by atoms with van der Waals surface area (Å²) < 4.78 is 39.6. The van der Waals surface area contributed by atoms with Crippen molar-refractivity contribution in [3.05, 3.63) is 59.4 Å². The van der Waals surface area contributed by atoms with Crippen LogP contribution in [0.2, 0.25) is 0 Å². The summed E-state index contributed by atoms with van der Waals surface area (Å²) in [5, 5.41) is 8.61. The molecule has 0 aromatic heterocycles. The summed E-state index contributed by atoms with van der Waals surface area (Å²) >= 11 is 0. The maximum Gasteiger partial charge on any atom is 0.341 e. The van der Waals surface area contributed by atoms with E-state index in [0.29, 0.717) is 5.56 Å². The molecule has 1 N–H and O–H groups in total. The van der Waals surface area contributed by atoms with E-state index in [2.05, 4.69) is 0 Å². The van der Waals surface area contributed by atoms with Crippen LogP contribution in [0.1, 0.15) is 10.4 Å². The minimum atomic E-state index is -1.67. The fraction of sp³-hybridized carbons (Fsp3) is 0. The van der Waals surface area contributed by atoms with Crippen LogP contribution in [0.3, 0.4) is 0 Å². The van der Waals surface area contributed by atoms with Gasteiger partial charge in [-0.15, -0.1) is 0 Å². The number of rotatable bonds is 2. The van der Waals surface area contributed by atoms with Crippen molar-refractivity contribution in [2.75, 3.05) is 0 Å². The molecule has 0 aliphatic rings. The van der Waals surface area contributed by atoms with Gasteiger partial charge in [0.2, 0.25) is 0 Å². The molecule has 5 heteroatoms. The van der Waals surface area contributed by atoms with Crippen LogP contribution in [0, 0.1) is 17.5 Å². The first-order valence-electron chi connectivity index (χ1n) is 4.97. The molecule has 92 valence electrons. The second-order valence-electron chi connectivity index (χ2n) is 3.63. The Kier molecular flexibility index (Phi) is 3.06. The molecule has 2 aromatic rings. The average Bonchev–Trinajstić information content (AvgIpc) is 2.28. The number of benzene rings is 2. The fourth-order valence-corrected chi connectivity index (χ4v) is 1.59. The quantitative estimate of drug-likeness (QED) is 0.888. The molecule has 0 saturated carbocycles. The van der Waals surface area contributed by atoms with Crippen molar-refractivity contribution in [3.63, 3.8) is 0 Å². The SMILES string of the molecule is O=C(O)c1c(F)cc(-c2ccc(F)cc2)cc1F. The lowest BCUT2D eigenvalue weighted by Crippen LogP contribution is -2.04. The highest BCUT2D eigenvalue weighted by atomic mass is 19.1. The summed E-state index contributed by atoms with van der Waals surface area (Å²) in [6.07, 6.45) is 0. The van der Waals surface area contributed by atoms with E-state index in [9.17, 15) is 18.0 Å². The van der Waals surface area contributed by atoms with E-state index in [4.69, 9.17) is 5.11 Å². The first kappa shape index (κ1) is 12.2. The van der Waals surface area contributed by atoms with Gasteiger partial charge in [-0.05, 0) is 35.4 Å². The summed E-state index contributed by atoms with van der Waals surface area (Å²) in [5.74, 6) is -4.47. The van der Waals surface area contributed by atoms with Gasteiger partial charge >= 0.3 is 5.97 Å². The van der Waals surface area contributed by atoms with E-state index in [1.54, 1.807) is 0 Å². The van der Waals surface area contributed by atoms with Gasteiger partial charge in [0, 0.05) is 0 Å². The summed E-state index contributed by atoms with van der Waals surface area (Å²) in [7, 11) is 0. The van der Waals surface area contributed by atoms with Crippen LogP contribution in [0.5, 0.6) is 0 Å². The normalized spacial score (nSPS) is 10.4. The molecule has 0 atom stereocenters. The molecule has 0 unspecified atom stereocenters. The predicted octanol–water partition coefficient (Wildman–Crippen LogP) is 3.47. The number of carboxylic acids is 1. The van der Waals surface area contributed by atoms with Gasteiger partial charge in [-0.2, -0.15) is 0 Å². The highest BCUT2D eigenvalue weighted by Gasteiger charge is 2.18. The maximum absolute atomic E-state index is 13.4. The number of hydrogen-bond donors (Lipinski definition) is 1. The number of aromatic carboxylic acids is 1. The van der Waals surface area contributed by atoms with Crippen LogP contribution in [0.25, 0.3) is 11.1 Å². The van der Waals surface area contributed by atoms with Crippen molar-refractivity contribution in [2.45, 2.75) is 0 Å². The molecule has 18 heavy (non-hydrogen) atoms. The summed E-state index contributed by atoms with van der Waals surface area (Å²) in [5.41, 5.74) is -0.456. The van der Waals surface area contributed by atoms with Gasteiger partial charge in [0.25, 0.3) is 0 Å². The standard InChI is InChI=1S/C13H7F3O2/c14-9-3-1-7(2-4-9)8-5-10(15)12(13(17)18)11(16)6-8/h1-6H,(H,17,18). The molecule has 0 heterocycles. The van der Waals surface area contributed by atoms with Crippen molar-refractivity contribution in [1.82, 2.24) is 0 Å². The Morgan fingerprint density at radius 2 is 1.39 bits per heavy atom. The van der Waals surface area contributed by atoms with Crippen molar-refractivity contribution in [3.8, 4) is 11.1 Å². The van der Waals surface area contributed by atoms with E-state index in [1.807, 2.05) is 0 Å². The van der Waals surface area contributed by atoms with Crippen molar-refractivity contribution < 1.29 is 23.1 Å². The Balaban J connectivity index is 2.54. The van der Waals surface area contributed by atoms with Gasteiger partial charge in [0.15, 0.2) is 0 Å². The van der Waals surface area contributed by atoms with Crippen molar-refractivity contribution >= 4 is 5.97 Å². The minimum Gasteiger partial charge on any atom is -0.477 e. The number of carboxylic acid groups (broad SMARTS) is 1. The highest BCUT2D eigenvalue weighted by molar-refractivity contribution is 5.89. The Morgan fingerprint density at radius 1 is 0.889 bits per heavy atom. The van der Waals surface area contributed by atoms with Gasteiger partial charge in [-0.25, -0.2) is 18.0 Å². The number of hydrogen-bond acceptors (Lipinski definition) is 1. The molecule has 0 aliphatic carbocycles. The Labute approximate surface area is 100 Å². The van der Waals surface area contributed by atoms with E-state index in [1.165, 1.54) is 12.1 Å². The molecule has 2 nitrogen and oxygen atoms in total. The Morgan fingerprint density at radius 3 is 1.83 bits per heavy atom. The van der Waals surface area contributed by atoms with Crippen LogP contribution in [0.4, 0.5) is 13.2 Å². The smallest absolute Gasteiger partial charge is 0.341 e. The largest absolute Gasteiger partial charge is 0.477 e. The lowest BCUT2D eigenvalue weighted by Gasteiger charge is -2.05. The maximum atomic E-state index is 13.4. The third-order valence-corrected chi connectivity index (χ3v) is 2.43.